The Labute approximate surface area is 60.2 Å². The van der Waals surface area contributed by atoms with E-state index in [1.165, 1.54) is 0 Å². The highest BCUT2D eigenvalue weighted by molar-refractivity contribution is 5.72. The summed E-state index contributed by atoms with van der Waals surface area (Å²) in [6, 6.07) is -0.323. The number of urea groups is 1. The highest BCUT2D eigenvalue weighted by Crippen LogP contribution is 2.13. The Morgan fingerprint density at radius 3 is 2.70 bits per heavy atom. The standard InChI is InChI=1S/C6H13N3O/c7-3-5-1-2-9(4-5)6(8)10/h5H,1-4,7H2,(H2,8,10)/t5-/m0/s1. The molecule has 0 unspecified atom stereocenters. The molecule has 0 aromatic carbocycles. The zero-order chi connectivity index (χ0) is 7.56. The second-order valence-electron chi connectivity index (χ2n) is 2.67. The van der Waals surface area contributed by atoms with Crippen molar-refractivity contribution in [2.45, 2.75) is 6.42 Å². The van der Waals surface area contributed by atoms with Gasteiger partial charge in [0, 0.05) is 13.1 Å². The summed E-state index contributed by atoms with van der Waals surface area (Å²) in [4.78, 5) is 12.2. The second kappa shape index (κ2) is 2.88. The van der Waals surface area contributed by atoms with E-state index in [9.17, 15) is 4.79 Å². The Bertz CT molecular complexity index is 137. The molecule has 1 fully saturated rings. The molecular weight excluding hydrogens is 130 g/mol. The van der Waals surface area contributed by atoms with Crippen LogP contribution in [0.2, 0.25) is 0 Å². The molecule has 0 bridgehead atoms. The quantitative estimate of drug-likeness (QED) is 0.511. The zero-order valence-corrected chi connectivity index (χ0v) is 5.92. The van der Waals surface area contributed by atoms with Crippen molar-refractivity contribution >= 4 is 6.03 Å². The molecule has 4 N–H and O–H groups in total. The van der Waals surface area contributed by atoms with Gasteiger partial charge in [0.15, 0.2) is 0 Å². The highest BCUT2D eigenvalue weighted by Gasteiger charge is 2.22. The molecule has 0 aliphatic carbocycles. The minimum Gasteiger partial charge on any atom is -0.351 e. The Hall–Kier alpha value is -0.770. The zero-order valence-electron chi connectivity index (χ0n) is 5.92. The van der Waals surface area contributed by atoms with E-state index in [-0.39, 0.29) is 6.03 Å². The lowest BCUT2D eigenvalue weighted by molar-refractivity contribution is 0.217. The number of likely N-dealkylation sites (tertiary alicyclic amines) is 1. The van der Waals surface area contributed by atoms with E-state index >= 15 is 0 Å². The summed E-state index contributed by atoms with van der Waals surface area (Å²) in [5, 5.41) is 0. The maximum atomic E-state index is 10.6. The number of nitrogens with two attached hydrogens (primary N) is 2. The van der Waals surface area contributed by atoms with Gasteiger partial charge in [0.05, 0.1) is 0 Å². The van der Waals surface area contributed by atoms with Crippen molar-refractivity contribution in [2.75, 3.05) is 19.6 Å². The van der Waals surface area contributed by atoms with Crippen molar-refractivity contribution < 1.29 is 4.79 Å². The van der Waals surface area contributed by atoms with E-state index in [0.717, 1.165) is 19.5 Å². The summed E-state index contributed by atoms with van der Waals surface area (Å²) in [5.41, 5.74) is 10.5. The molecule has 10 heavy (non-hydrogen) atoms. The summed E-state index contributed by atoms with van der Waals surface area (Å²) in [6.07, 6.45) is 0.999. The van der Waals surface area contributed by atoms with E-state index in [4.69, 9.17) is 11.5 Å². The van der Waals surface area contributed by atoms with Gasteiger partial charge < -0.3 is 16.4 Å². The minimum absolute atomic E-state index is 0.323. The SMILES string of the molecule is NC[C@@H]1CCN(C(N)=O)C1. The lowest BCUT2D eigenvalue weighted by Gasteiger charge is -2.11. The smallest absolute Gasteiger partial charge is 0.314 e. The fourth-order valence-electron chi connectivity index (χ4n) is 1.23. The summed E-state index contributed by atoms with van der Waals surface area (Å²) < 4.78 is 0. The molecule has 4 nitrogen and oxygen atoms in total. The van der Waals surface area contributed by atoms with Gasteiger partial charge in [-0.25, -0.2) is 4.79 Å². The number of rotatable bonds is 1. The molecule has 0 radical (unpaired) electrons. The third-order valence-electron chi connectivity index (χ3n) is 1.93. The number of nitrogens with zero attached hydrogens (tertiary/aromatic N) is 1. The van der Waals surface area contributed by atoms with Gasteiger partial charge in [-0.1, -0.05) is 0 Å². The van der Waals surface area contributed by atoms with Gasteiger partial charge in [0.25, 0.3) is 0 Å². The highest BCUT2D eigenvalue weighted by atomic mass is 16.2. The van der Waals surface area contributed by atoms with Crippen LogP contribution in [0.3, 0.4) is 0 Å². The number of primary amides is 1. The molecule has 1 aliphatic heterocycles. The molecule has 0 saturated carbocycles. The molecule has 1 saturated heterocycles. The van der Waals surface area contributed by atoms with Crippen molar-refractivity contribution in [3.8, 4) is 0 Å². The normalized spacial score (nSPS) is 25.3. The number of hydrogen-bond donors (Lipinski definition) is 2. The van der Waals surface area contributed by atoms with Gasteiger partial charge in [0.1, 0.15) is 0 Å². The van der Waals surface area contributed by atoms with E-state index in [1.807, 2.05) is 0 Å². The monoisotopic (exact) mass is 143 g/mol. The molecule has 1 heterocycles. The topological polar surface area (TPSA) is 72.3 Å². The molecular formula is C6H13N3O. The van der Waals surface area contributed by atoms with Crippen LogP contribution in [0.1, 0.15) is 6.42 Å². The molecule has 0 aromatic heterocycles. The molecule has 1 atom stereocenters. The average Bonchev–Trinajstić information content (AvgIpc) is 2.34. The van der Waals surface area contributed by atoms with Crippen molar-refractivity contribution in [1.29, 1.82) is 0 Å². The Morgan fingerprint density at radius 2 is 2.40 bits per heavy atom. The second-order valence-corrected chi connectivity index (χ2v) is 2.67. The predicted octanol–water partition coefficient (Wildman–Crippen LogP) is -0.654. The summed E-state index contributed by atoms with van der Waals surface area (Å²) in [7, 11) is 0. The largest absolute Gasteiger partial charge is 0.351 e. The van der Waals surface area contributed by atoms with Crippen LogP contribution >= 0.6 is 0 Å². The minimum atomic E-state index is -0.323. The molecule has 1 aliphatic rings. The fraction of sp³-hybridized carbons (Fsp3) is 0.833. The van der Waals surface area contributed by atoms with Gasteiger partial charge >= 0.3 is 6.03 Å². The van der Waals surface area contributed by atoms with Crippen LogP contribution in [0, 0.1) is 5.92 Å². The average molecular weight is 143 g/mol. The maximum Gasteiger partial charge on any atom is 0.314 e. The van der Waals surface area contributed by atoms with Crippen molar-refractivity contribution in [3.63, 3.8) is 0 Å². The molecule has 0 aromatic rings. The first-order chi connectivity index (χ1) is 4.74. The van der Waals surface area contributed by atoms with Crippen molar-refractivity contribution in [3.05, 3.63) is 0 Å². The van der Waals surface area contributed by atoms with Crippen LogP contribution in [0.4, 0.5) is 4.79 Å². The number of carbonyl (C=O) groups is 1. The third-order valence-corrected chi connectivity index (χ3v) is 1.93. The number of carbonyl (C=O) groups excluding carboxylic acids is 1. The fourth-order valence-corrected chi connectivity index (χ4v) is 1.23. The number of hydrogen-bond acceptors (Lipinski definition) is 2. The van der Waals surface area contributed by atoms with Crippen LogP contribution < -0.4 is 11.5 Å². The Morgan fingerprint density at radius 1 is 1.70 bits per heavy atom. The van der Waals surface area contributed by atoms with Gasteiger partial charge in [-0.3, -0.25) is 0 Å². The first kappa shape index (κ1) is 7.34. The van der Waals surface area contributed by atoms with Gasteiger partial charge in [0.2, 0.25) is 0 Å². The first-order valence-corrected chi connectivity index (χ1v) is 3.48. The van der Waals surface area contributed by atoms with Gasteiger partial charge in [-0.15, -0.1) is 0 Å². The summed E-state index contributed by atoms with van der Waals surface area (Å²) in [5.74, 6) is 0.465. The predicted molar refractivity (Wildman–Crippen MR) is 38.3 cm³/mol. The molecule has 2 amide bonds. The van der Waals surface area contributed by atoms with Gasteiger partial charge in [-0.2, -0.15) is 0 Å². The van der Waals surface area contributed by atoms with E-state index in [1.54, 1.807) is 4.90 Å². The Balaban J connectivity index is 2.35. The molecule has 58 valence electrons. The van der Waals surface area contributed by atoms with Gasteiger partial charge in [-0.05, 0) is 18.9 Å². The molecule has 0 spiro atoms. The van der Waals surface area contributed by atoms with E-state index < -0.39 is 0 Å². The Kier molecular flexibility index (Phi) is 2.11. The van der Waals surface area contributed by atoms with E-state index in [2.05, 4.69) is 0 Å². The van der Waals surface area contributed by atoms with Crippen molar-refractivity contribution in [2.24, 2.45) is 17.4 Å². The van der Waals surface area contributed by atoms with E-state index in [0.29, 0.717) is 12.5 Å². The van der Waals surface area contributed by atoms with Crippen LogP contribution in [0.15, 0.2) is 0 Å². The molecule has 4 heteroatoms. The third kappa shape index (κ3) is 1.39. The first-order valence-electron chi connectivity index (χ1n) is 3.48. The lowest BCUT2D eigenvalue weighted by Crippen LogP contribution is -2.34. The van der Waals surface area contributed by atoms with Crippen LogP contribution in [0.5, 0.6) is 0 Å². The summed E-state index contributed by atoms with van der Waals surface area (Å²) >= 11 is 0. The van der Waals surface area contributed by atoms with Crippen LogP contribution in [-0.2, 0) is 0 Å². The maximum absolute atomic E-state index is 10.6. The summed E-state index contributed by atoms with van der Waals surface area (Å²) in [6.45, 7) is 2.17. The van der Waals surface area contributed by atoms with Crippen LogP contribution in [0.25, 0.3) is 0 Å². The number of amides is 2. The lowest BCUT2D eigenvalue weighted by atomic mass is 10.1. The molecule has 1 rings (SSSR count). The van der Waals surface area contributed by atoms with Crippen molar-refractivity contribution in [1.82, 2.24) is 4.90 Å². The van der Waals surface area contributed by atoms with Crippen LogP contribution in [-0.4, -0.2) is 30.6 Å².